The number of aliphatic hydroxyl groups is 1. The number of likely N-dealkylation sites (tertiary alicyclic amines) is 1. The molecule has 1 atom stereocenters. The predicted molar refractivity (Wildman–Crippen MR) is 80.4 cm³/mol. The molecule has 2 aromatic rings. The number of amides is 1. The second-order valence-electron chi connectivity index (χ2n) is 5.24. The van der Waals surface area contributed by atoms with Crippen LogP contribution in [0.15, 0.2) is 24.5 Å². The Hall–Kier alpha value is -2.06. The normalized spacial score (nSPS) is 17.4. The number of rotatable bonds is 3. The molecule has 8 heteroatoms. The molecule has 1 amide bonds. The van der Waals surface area contributed by atoms with Crippen molar-refractivity contribution in [2.75, 3.05) is 13.1 Å². The van der Waals surface area contributed by atoms with Crippen molar-refractivity contribution in [3.05, 3.63) is 29.5 Å². The monoisotopic (exact) mass is 320 g/mol. The molecule has 1 unspecified atom stereocenters. The molecule has 2 aromatic heterocycles. The lowest BCUT2D eigenvalue weighted by Gasteiger charge is -2.31. The van der Waals surface area contributed by atoms with Gasteiger partial charge in [-0.25, -0.2) is 4.79 Å². The molecular weight excluding hydrogens is 304 g/mol. The maximum atomic E-state index is 10.9. The lowest BCUT2D eigenvalue weighted by Crippen LogP contribution is -2.38. The second-order valence-corrected chi connectivity index (χ2v) is 6.25. The number of pyridine rings is 1. The summed E-state index contributed by atoms with van der Waals surface area (Å²) in [7, 11) is 0. The molecule has 2 N–H and O–H groups in total. The number of carboxylic acid groups (broad SMARTS) is 1. The molecule has 3 rings (SSSR count). The van der Waals surface area contributed by atoms with Crippen molar-refractivity contribution in [2.45, 2.75) is 18.9 Å². The molecule has 1 fully saturated rings. The third-order valence-corrected chi connectivity index (χ3v) is 4.90. The molecule has 0 bridgehead atoms. The van der Waals surface area contributed by atoms with Crippen LogP contribution < -0.4 is 0 Å². The van der Waals surface area contributed by atoms with Crippen molar-refractivity contribution in [2.24, 2.45) is 5.92 Å². The summed E-state index contributed by atoms with van der Waals surface area (Å²) in [5.74, 6) is 0.0188. The molecule has 1 aliphatic rings. The fourth-order valence-electron chi connectivity index (χ4n) is 2.57. The standard InChI is InChI=1S/C14H16N4O3S/c19-11(9-3-6-18(7-4-9)14(20)21)13-17-16-12(22-13)10-2-1-5-15-8-10/h1-2,5,8-9,11,19H,3-4,6-7H2,(H,20,21). The third kappa shape index (κ3) is 3.07. The van der Waals surface area contributed by atoms with Gasteiger partial charge in [0.25, 0.3) is 0 Å². The van der Waals surface area contributed by atoms with E-state index in [4.69, 9.17) is 5.11 Å². The highest BCUT2D eigenvalue weighted by Gasteiger charge is 2.30. The van der Waals surface area contributed by atoms with Crippen molar-refractivity contribution in [1.29, 1.82) is 0 Å². The van der Waals surface area contributed by atoms with Crippen molar-refractivity contribution in [1.82, 2.24) is 20.1 Å². The number of hydrogen-bond donors (Lipinski definition) is 2. The van der Waals surface area contributed by atoms with Crippen LogP contribution in [-0.2, 0) is 0 Å². The minimum Gasteiger partial charge on any atom is -0.465 e. The lowest BCUT2D eigenvalue weighted by molar-refractivity contribution is 0.0570. The van der Waals surface area contributed by atoms with E-state index in [1.54, 1.807) is 12.4 Å². The molecular formula is C14H16N4O3S. The summed E-state index contributed by atoms with van der Waals surface area (Å²) < 4.78 is 0. The van der Waals surface area contributed by atoms with Crippen LogP contribution in [0.1, 0.15) is 24.0 Å². The van der Waals surface area contributed by atoms with Crippen molar-refractivity contribution >= 4 is 17.4 Å². The summed E-state index contributed by atoms with van der Waals surface area (Å²) >= 11 is 1.35. The predicted octanol–water partition coefficient (Wildman–Crippen LogP) is 2.02. The number of carbonyl (C=O) groups is 1. The van der Waals surface area contributed by atoms with Gasteiger partial charge in [0.05, 0.1) is 0 Å². The Balaban J connectivity index is 1.68. The highest BCUT2D eigenvalue weighted by Crippen LogP contribution is 2.34. The smallest absolute Gasteiger partial charge is 0.407 e. The van der Waals surface area contributed by atoms with Gasteiger partial charge < -0.3 is 15.1 Å². The van der Waals surface area contributed by atoms with Gasteiger partial charge in [0.1, 0.15) is 16.1 Å². The van der Waals surface area contributed by atoms with E-state index < -0.39 is 12.2 Å². The van der Waals surface area contributed by atoms with E-state index >= 15 is 0 Å². The van der Waals surface area contributed by atoms with Crippen LogP contribution in [0.5, 0.6) is 0 Å². The summed E-state index contributed by atoms with van der Waals surface area (Å²) in [6.45, 7) is 0.899. The van der Waals surface area contributed by atoms with Gasteiger partial charge in [-0.2, -0.15) is 0 Å². The van der Waals surface area contributed by atoms with Crippen molar-refractivity contribution in [3.63, 3.8) is 0 Å². The lowest BCUT2D eigenvalue weighted by atomic mass is 9.92. The zero-order chi connectivity index (χ0) is 15.5. The first kappa shape index (κ1) is 14.9. The van der Waals surface area contributed by atoms with E-state index in [2.05, 4.69) is 15.2 Å². The number of aromatic nitrogens is 3. The minimum atomic E-state index is -0.900. The summed E-state index contributed by atoms with van der Waals surface area (Å²) in [6.07, 6.45) is 3.07. The highest BCUT2D eigenvalue weighted by atomic mass is 32.1. The molecule has 3 heterocycles. The van der Waals surface area contributed by atoms with E-state index in [1.807, 2.05) is 12.1 Å². The Bertz CT molecular complexity index is 641. The van der Waals surface area contributed by atoms with E-state index in [0.717, 1.165) is 10.6 Å². The molecule has 7 nitrogen and oxygen atoms in total. The van der Waals surface area contributed by atoms with Gasteiger partial charge in [-0.3, -0.25) is 4.98 Å². The van der Waals surface area contributed by atoms with Crippen LogP contribution in [-0.4, -0.2) is 49.5 Å². The Morgan fingerprint density at radius 1 is 1.36 bits per heavy atom. The van der Waals surface area contributed by atoms with E-state index in [1.165, 1.54) is 16.2 Å². The third-order valence-electron chi connectivity index (χ3n) is 3.86. The van der Waals surface area contributed by atoms with Gasteiger partial charge >= 0.3 is 6.09 Å². The van der Waals surface area contributed by atoms with Crippen LogP contribution in [0.4, 0.5) is 4.79 Å². The fourth-order valence-corrected chi connectivity index (χ4v) is 3.48. The van der Waals surface area contributed by atoms with Crippen LogP contribution in [0, 0.1) is 5.92 Å². The fraction of sp³-hybridized carbons (Fsp3) is 0.429. The molecule has 1 aliphatic heterocycles. The quantitative estimate of drug-likeness (QED) is 0.897. The van der Waals surface area contributed by atoms with Crippen LogP contribution in [0.25, 0.3) is 10.6 Å². The number of aliphatic hydroxyl groups excluding tert-OH is 1. The molecule has 1 saturated heterocycles. The first-order chi connectivity index (χ1) is 10.6. The second kappa shape index (κ2) is 6.37. The van der Waals surface area contributed by atoms with Gasteiger partial charge in [0.15, 0.2) is 0 Å². The summed E-state index contributed by atoms with van der Waals surface area (Å²) in [4.78, 5) is 16.3. The number of nitrogens with zero attached hydrogens (tertiary/aromatic N) is 4. The summed E-state index contributed by atoms with van der Waals surface area (Å²) in [6, 6.07) is 3.73. The molecule has 0 aromatic carbocycles. The van der Waals surface area contributed by atoms with Gasteiger partial charge in [-0.15, -0.1) is 10.2 Å². The average molecular weight is 320 g/mol. The van der Waals surface area contributed by atoms with E-state index in [0.29, 0.717) is 30.9 Å². The zero-order valence-electron chi connectivity index (χ0n) is 11.8. The number of piperidine rings is 1. The van der Waals surface area contributed by atoms with Gasteiger partial charge in [-0.1, -0.05) is 11.3 Å². The topological polar surface area (TPSA) is 99.4 Å². The Labute approximate surface area is 131 Å². The molecule has 116 valence electrons. The molecule has 0 saturated carbocycles. The minimum absolute atomic E-state index is 0.0188. The molecule has 22 heavy (non-hydrogen) atoms. The number of hydrogen-bond acceptors (Lipinski definition) is 6. The van der Waals surface area contributed by atoms with Crippen molar-refractivity contribution < 1.29 is 15.0 Å². The summed E-state index contributed by atoms with van der Waals surface area (Å²) in [5.41, 5.74) is 0.874. The van der Waals surface area contributed by atoms with Crippen LogP contribution >= 0.6 is 11.3 Å². The maximum Gasteiger partial charge on any atom is 0.407 e. The largest absolute Gasteiger partial charge is 0.465 e. The Morgan fingerprint density at radius 2 is 2.14 bits per heavy atom. The first-order valence-corrected chi connectivity index (χ1v) is 7.86. The molecule has 0 spiro atoms. The maximum absolute atomic E-state index is 10.9. The molecule has 0 radical (unpaired) electrons. The van der Waals surface area contributed by atoms with Gasteiger partial charge in [0, 0.05) is 31.0 Å². The van der Waals surface area contributed by atoms with Gasteiger partial charge in [0.2, 0.25) is 0 Å². The van der Waals surface area contributed by atoms with Gasteiger partial charge in [-0.05, 0) is 30.9 Å². The van der Waals surface area contributed by atoms with E-state index in [-0.39, 0.29) is 5.92 Å². The Morgan fingerprint density at radius 3 is 2.77 bits per heavy atom. The van der Waals surface area contributed by atoms with Crippen LogP contribution in [0.3, 0.4) is 0 Å². The van der Waals surface area contributed by atoms with E-state index in [9.17, 15) is 9.90 Å². The SMILES string of the molecule is O=C(O)N1CCC(C(O)c2nnc(-c3cccnc3)s2)CC1. The Kier molecular flexibility index (Phi) is 4.30. The van der Waals surface area contributed by atoms with Crippen LogP contribution in [0.2, 0.25) is 0 Å². The first-order valence-electron chi connectivity index (χ1n) is 7.05. The molecule has 0 aliphatic carbocycles. The highest BCUT2D eigenvalue weighted by molar-refractivity contribution is 7.14. The summed E-state index contributed by atoms with van der Waals surface area (Å²) in [5, 5.41) is 28.9. The average Bonchev–Trinajstić information content (AvgIpc) is 3.05. The van der Waals surface area contributed by atoms with Crippen molar-refractivity contribution in [3.8, 4) is 10.6 Å². The zero-order valence-corrected chi connectivity index (χ0v) is 12.6.